The predicted molar refractivity (Wildman–Crippen MR) is 315 cm³/mol. The molecule has 6 N–H and O–H groups in total. The zero-order chi connectivity index (χ0) is 55.4. The maximum Gasteiger partial charge on any atom is 0.397 e. The number of aliphatic hydroxyl groups is 4. The van der Waals surface area contributed by atoms with Gasteiger partial charge in [0.15, 0.2) is 6.29 Å². The smallest absolute Gasteiger partial charge is 0.394 e. The highest BCUT2D eigenvalue weighted by atomic mass is 32.3. The molecule has 1 aliphatic rings. The molecular formula is C63H125NO11S. The Balaban J connectivity index is 2.15. The van der Waals surface area contributed by atoms with Crippen LogP contribution in [-0.2, 0) is 28.9 Å². The highest BCUT2D eigenvalue weighted by Crippen LogP contribution is 2.27. The summed E-state index contributed by atoms with van der Waals surface area (Å²) < 4.78 is 47.9. The fraction of sp³-hybridized carbons (Fsp3) is 0.984. The molecular weight excluding hydrogens is 979 g/mol. The van der Waals surface area contributed by atoms with Crippen LogP contribution in [0.4, 0.5) is 0 Å². The van der Waals surface area contributed by atoms with E-state index in [-0.39, 0.29) is 12.5 Å². The van der Waals surface area contributed by atoms with Crippen LogP contribution in [0.3, 0.4) is 0 Å². The van der Waals surface area contributed by atoms with Crippen LogP contribution in [0.2, 0.25) is 0 Å². The molecule has 0 aliphatic carbocycles. The van der Waals surface area contributed by atoms with E-state index in [0.717, 1.165) is 51.4 Å². The molecule has 12 nitrogen and oxygen atoms in total. The standard InChI is InChI=1S/C63H125NO11S/c1-3-5-7-9-11-13-15-17-19-20-21-22-23-24-25-26-27-28-29-30-31-32-33-34-35-36-37-38-39-41-43-45-47-49-51-53-59(67)64-56(55-73-63-61(69)62(75-76(70,71)72)60(68)58(54-65)74-63)57(66)52-50-48-46-44-42-40-18-16-14-12-10-8-6-4-2/h56-58,60-63,65-66,68-69H,3-55H2,1-2H3,(H,64,67)(H,70,71,72). The number of unbranched alkanes of at least 4 members (excludes halogenated alkanes) is 47. The molecule has 0 aromatic heterocycles. The van der Waals surface area contributed by atoms with Crippen molar-refractivity contribution in [3.05, 3.63) is 0 Å². The van der Waals surface area contributed by atoms with E-state index in [1.54, 1.807) is 0 Å². The first kappa shape index (κ1) is 73.1. The van der Waals surface area contributed by atoms with E-state index in [2.05, 4.69) is 23.3 Å². The van der Waals surface area contributed by atoms with E-state index in [1.807, 2.05) is 0 Å². The Labute approximate surface area is 468 Å². The second-order valence-electron chi connectivity index (χ2n) is 23.4. The van der Waals surface area contributed by atoms with Crippen LogP contribution in [0.5, 0.6) is 0 Å². The molecule has 1 saturated heterocycles. The number of ether oxygens (including phenoxy) is 2. The van der Waals surface area contributed by atoms with Crippen molar-refractivity contribution in [2.75, 3.05) is 13.2 Å². The minimum atomic E-state index is -5.08. The van der Waals surface area contributed by atoms with Crippen molar-refractivity contribution in [3.8, 4) is 0 Å². The van der Waals surface area contributed by atoms with Gasteiger partial charge < -0.3 is 35.2 Å². The third kappa shape index (κ3) is 44.8. The fourth-order valence-electron chi connectivity index (χ4n) is 11.1. The monoisotopic (exact) mass is 1100 g/mol. The van der Waals surface area contributed by atoms with E-state index in [9.17, 15) is 38.2 Å². The van der Waals surface area contributed by atoms with Gasteiger partial charge in [-0.1, -0.05) is 322 Å². The number of hydrogen-bond acceptors (Lipinski definition) is 10. The topological polar surface area (TPSA) is 192 Å². The zero-order valence-corrected chi connectivity index (χ0v) is 50.4. The molecule has 454 valence electrons. The summed E-state index contributed by atoms with van der Waals surface area (Å²) in [7, 11) is -5.08. The van der Waals surface area contributed by atoms with Crippen LogP contribution in [0.25, 0.3) is 0 Å². The molecule has 1 heterocycles. The maximum absolute atomic E-state index is 13.2. The van der Waals surface area contributed by atoms with E-state index in [4.69, 9.17) is 9.47 Å². The molecule has 0 radical (unpaired) electrons. The molecule has 0 spiro atoms. The molecule has 13 heteroatoms. The lowest BCUT2D eigenvalue weighted by Gasteiger charge is -2.41. The fourth-order valence-corrected chi connectivity index (χ4v) is 11.6. The van der Waals surface area contributed by atoms with Crippen LogP contribution >= 0.6 is 0 Å². The maximum atomic E-state index is 13.2. The van der Waals surface area contributed by atoms with E-state index >= 15 is 0 Å². The normalized spacial score (nSPS) is 18.9. The molecule has 7 unspecified atom stereocenters. The summed E-state index contributed by atoms with van der Waals surface area (Å²) in [5.41, 5.74) is 0. The largest absolute Gasteiger partial charge is 0.397 e. The second-order valence-corrected chi connectivity index (χ2v) is 24.5. The first-order valence-electron chi connectivity index (χ1n) is 32.9. The number of hydrogen-bond donors (Lipinski definition) is 6. The highest BCUT2D eigenvalue weighted by molar-refractivity contribution is 7.80. The van der Waals surface area contributed by atoms with Crippen molar-refractivity contribution in [1.82, 2.24) is 5.32 Å². The molecule has 7 atom stereocenters. The Kier molecular flexibility index (Phi) is 51.4. The lowest BCUT2D eigenvalue weighted by molar-refractivity contribution is -0.298. The summed E-state index contributed by atoms with van der Waals surface area (Å²) in [5, 5.41) is 45.1. The van der Waals surface area contributed by atoms with Gasteiger partial charge in [-0.05, 0) is 12.8 Å². The SMILES string of the molecule is CCCCCCCCCCCCCCCCCCCCCCCCCCCCCCCCCCCCCC(=O)NC(COC1OC(CO)C(O)C(OS(=O)(=O)O)C1O)C(O)CCCCCCCCCCCCCCCC. The minimum Gasteiger partial charge on any atom is -0.394 e. The van der Waals surface area contributed by atoms with Crippen molar-refractivity contribution < 1.29 is 51.8 Å². The predicted octanol–water partition coefficient (Wildman–Crippen LogP) is 16.4. The summed E-state index contributed by atoms with van der Waals surface area (Å²) in [6.07, 6.45) is 55.8. The van der Waals surface area contributed by atoms with Crippen molar-refractivity contribution >= 4 is 16.3 Å². The van der Waals surface area contributed by atoms with E-state index in [0.29, 0.717) is 12.8 Å². The number of aliphatic hydroxyl groups excluding tert-OH is 4. The van der Waals surface area contributed by atoms with Gasteiger partial charge in [0, 0.05) is 6.42 Å². The van der Waals surface area contributed by atoms with Gasteiger partial charge >= 0.3 is 10.4 Å². The molecule has 1 amide bonds. The quantitative estimate of drug-likeness (QED) is 0.0251. The third-order valence-electron chi connectivity index (χ3n) is 16.2. The zero-order valence-electron chi connectivity index (χ0n) is 49.6. The van der Waals surface area contributed by atoms with Gasteiger partial charge in [0.05, 0.1) is 25.4 Å². The average molecular weight is 1100 g/mol. The van der Waals surface area contributed by atoms with E-state index < -0.39 is 59.9 Å². The third-order valence-corrected chi connectivity index (χ3v) is 16.6. The number of amides is 1. The van der Waals surface area contributed by atoms with Gasteiger partial charge in [0.25, 0.3) is 0 Å². The molecule has 0 aromatic rings. The summed E-state index contributed by atoms with van der Waals surface area (Å²) in [6.45, 7) is 3.50. The summed E-state index contributed by atoms with van der Waals surface area (Å²) >= 11 is 0. The average Bonchev–Trinajstić information content (AvgIpc) is 3.40. The Morgan fingerprint density at radius 3 is 1.05 bits per heavy atom. The van der Waals surface area contributed by atoms with Crippen LogP contribution < -0.4 is 5.32 Å². The van der Waals surface area contributed by atoms with Crippen LogP contribution in [0.1, 0.15) is 341 Å². The highest BCUT2D eigenvalue weighted by Gasteiger charge is 2.48. The van der Waals surface area contributed by atoms with Crippen molar-refractivity contribution in [2.24, 2.45) is 0 Å². The molecule has 0 saturated carbocycles. The van der Waals surface area contributed by atoms with Gasteiger partial charge in [0.1, 0.15) is 24.4 Å². The van der Waals surface area contributed by atoms with Gasteiger partial charge in [-0.2, -0.15) is 8.42 Å². The Hall–Kier alpha value is -0.900. The van der Waals surface area contributed by atoms with Crippen molar-refractivity contribution in [2.45, 2.75) is 384 Å². The molecule has 0 bridgehead atoms. The summed E-state index contributed by atoms with van der Waals surface area (Å²) in [5.74, 6) is -0.221. The number of carbonyl (C=O) groups excluding carboxylic acids is 1. The second kappa shape index (κ2) is 53.4. The van der Waals surface area contributed by atoms with E-state index in [1.165, 1.54) is 263 Å². The van der Waals surface area contributed by atoms with Crippen molar-refractivity contribution in [3.63, 3.8) is 0 Å². The molecule has 1 aliphatic heterocycles. The molecule has 1 fully saturated rings. The summed E-state index contributed by atoms with van der Waals surface area (Å²) in [6, 6.07) is -0.853. The molecule has 76 heavy (non-hydrogen) atoms. The number of rotatable bonds is 59. The van der Waals surface area contributed by atoms with Crippen LogP contribution in [0.15, 0.2) is 0 Å². The van der Waals surface area contributed by atoms with Gasteiger partial charge in [-0.15, -0.1) is 0 Å². The Morgan fingerprint density at radius 1 is 0.474 bits per heavy atom. The Bertz CT molecular complexity index is 1340. The first-order valence-corrected chi connectivity index (χ1v) is 34.3. The first-order chi connectivity index (χ1) is 37.0. The van der Waals surface area contributed by atoms with Crippen molar-refractivity contribution in [1.29, 1.82) is 0 Å². The lowest BCUT2D eigenvalue weighted by atomic mass is 9.99. The number of carbonyl (C=O) groups is 1. The van der Waals surface area contributed by atoms with Gasteiger partial charge in [0.2, 0.25) is 5.91 Å². The van der Waals surface area contributed by atoms with Gasteiger partial charge in [-0.3, -0.25) is 9.35 Å². The Morgan fingerprint density at radius 2 is 0.763 bits per heavy atom. The minimum absolute atomic E-state index is 0.221. The lowest BCUT2D eigenvalue weighted by Crippen LogP contribution is -2.61. The molecule has 0 aromatic carbocycles. The summed E-state index contributed by atoms with van der Waals surface area (Å²) in [4.78, 5) is 13.2. The van der Waals surface area contributed by atoms with Crippen LogP contribution in [0, 0.1) is 0 Å². The molecule has 1 rings (SSSR count). The number of nitrogens with one attached hydrogen (secondary N) is 1. The van der Waals surface area contributed by atoms with Crippen LogP contribution in [-0.4, -0.2) is 95.4 Å². The van der Waals surface area contributed by atoms with Gasteiger partial charge in [-0.25, -0.2) is 4.18 Å².